The standard InChI is InChI=1S/C16H23NO2/c1-11-7-8-12(2)14(9-11)16(19)17-10-15(18)13-5-3-4-6-13/h7-9,13,15,18H,3-6,10H2,1-2H3,(H,17,19). The van der Waals surface area contributed by atoms with E-state index in [1.54, 1.807) is 0 Å². The Balaban J connectivity index is 1.91. The third-order valence-corrected chi connectivity index (χ3v) is 4.05. The van der Waals surface area contributed by atoms with Gasteiger partial charge in [-0.3, -0.25) is 4.79 Å². The highest BCUT2D eigenvalue weighted by Crippen LogP contribution is 2.27. The summed E-state index contributed by atoms with van der Waals surface area (Å²) in [5, 5.41) is 12.9. The average molecular weight is 261 g/mol. The lowest BCUT2D eigenvalue weighted by Crippen LogP contribution is -2.35. The Labute approximate surface area is 115 Å². The molecule has 3 nitrogen and oxygen atoms in total. The molecule has 19 heavy (non-hydrogen) atoms. The molecule has 1 saturated carbocycles. The van der Waals surface area contributed by atoms with Crippen molar-refractivity contribution in [1.82, 2.24) is 5.32 Å². The Morgan fingerprint density at radius 2 is 2.05 bits per heavy atom. The van der Waals surface area contributed by atoms with Gasteiger partial charge in [0.15, 0.2) is 0 Å². The molecule has 0 aromatic heterocycles. The van der Waals surface area contributed by atoms with Crippen LogP contribution in [0, 0.1) is 19.8 Å². The predicted octanol–water partition coefficient (Wildman–Crippen LogP) is 2.58. The first-order valence-corrected chi connectivity index (χ1v) is 7.11. The van der Waals surface area contributed by atoms with Gasteiger partial charge in [0.25, 0.3) is 5.91 Å². The largest absolute Gasteiger partial charge is 0.391 e. The number of benzene rings is 1. The average Bonchev–Trinajstić information content (AvgIpc) is 2.92. The molecular formula is C16H23NO2. The first-order chi connectivity index (χ1) is 9.08. The van der Waals surface area contributed by atoms with Gasteiger partial charge in [0.1, 0.15) is 0 Å². The fourth-order valence-electron chi connectivity index (χ4n) is 2.78. The van der Waals surface area contributed by atoms with Gasteiger partial charge in [0.2, 0.25) is 0 Å². The summed E-state index contributed by atoms with van der Waals surface area (Å²) in [5.41, 5.74) is 2.75. The molecule has 0 saturated heterocycles. The Kier molecular flexibility index (Phi) is 4.59. The predicted molar refractivity (Wildman–Crippen MR) is 76.2 cm³/mol. The third kappa shape index (κ3) is 3.57. The number of hydrogen-bond donors (Lipinski definition) is 2. The van der Waals surface area contributed by atoms with Crippen molar-refractivity contribution in [2.75, 3.05) is 6.54 Å². The molecule has 1 atom stereocenters. The third-order valence-electron chi connectivity index (χ3n) is 4.05. The molecule has 1 aliphatic carbocycles. The minimum absolute atomic E-state index is 0.0850. The molecule has 1 aromatic carbocycles. The van der Waals surface area contributed by atoms with Gasteiger partial charge in [-0.2, -0.15) is 0 Å². The normalized spacial score (nSPS) is 17.4. The molecule has 2 rings (SSSR count). The highest BCUT2D eigenvalue weighted by Gasteiger charge is 2.23. The molecule has 2 N–H and O–H groups in total. The van der Waals surface area contributed by atoms with Gasteiger partial charge in [-0.05, 0) is 44.2 Å². The molecule has 0 spiro atoms. The van der Waals surface area contributed by atoms with E-state index in [4.69, 9.17) is 0 Å². The first kappa shape index (κ1) is 14.1. The quantitative estimate of drug-likeness (QED) is 0.875. The van der Waals surface area contributed by atoms with E-state index in [0.29, 0.717) is 18.0 Å². The lowest BCUT2D eigenvalue weighted by molar-refractivity contribution is 0.0840. The number of amides is 1. The highest BCUT2D eigenvalue weighted by molar-refractivity contribution is 5.95. The lowest BCUT2D eigenvalue weighted by Gasteiger charge is -2.18. The number of aliphatic hydroxyl groups excluding tert-OH is 1. The zero-order chi connectivity index (χ0) is 13.8. The number of carbonyl (C=O) groups is 1. The van der Waals surface area contributed by atoms with Crippen LogP contribution in [0.3, 0.4) is 0 Å². The molecule has 1 unspecified atom stereocenters. The molecule has 3 heteroatoms. The molecule has 1 aliphatic rings. The second-order valence-electron chi connectivity index (χ2n) is 5.64. The van der Waals surface area contributed by atoms with Crippen LogP contribution in [0.5, 0.6) is 0 Å². The molecule has 1 aromatic rings. The van der Waals surface area contributed by atoms with Crippen molar-refractivity contribution in [3.8, 4) is 0 Å². The van der Waals surface area contributed by atoms with E-state index in [9.17, 15) is 9.90 Å². The van der Waals surface area contributed by atoms with E-state index in [-0.39, 0.29) is 5.91 Å². The Morgan fingerprint density at radius 1 is 1.37 bits per heavy atom. The van der Waals surface area contributed by atoms with Gasteiger partial charge >= 0.3 is 0 Å². The van der Waals surface area contributed by atoms with Gasteiger partial charge in [-0.1, -0.05) is 30.5 Å². The maximum atomic E-state index is 12.1. The van der Waals surface area contributed by atoms with Crippen LogP contribution < -0.4 is 5.32 Å². The van der Waals surface area contributed by atoms with E-state index in [2.05, 4.69) is 5.32 Å². The summed E-state index contributed by atoms with van der Waals surface area (Å²) < 4.78 is 0. The molecule has 0 radical (unpaired) electrons. The van der Waals surface area contributed by atoms with Gasteiger partial charge in [0, 0.05) is 12.1 Å². The van der Waals surface area contributed by atoms with Crippen LogP contribution in [0.1, 0.15) is 47.2 Å². The van der Waals surface area contributed by atoms with Crippen molar-refractivity contribution in [2.24, 2.45) is 5.92 Å². The second kappa shape index (κ2) is 6.20. The topological polar surface area (TPSA) is 49.3 Å². The van der Waals surface area contributed by atoms with Crippen LogP contribution >= 0.6 is 0 Å². The Bertz CT molecular complexity index is 450. The molecule has 1 amide bonds. The molecule has 1 fully saturated rings. The van der Waals surface area contributed by atoms with Crippen molar-refractivity contribution in [1.29, 1.82) is 0 Å². The van der Waals surface area contributed by atoms with Crippen LogP contribution in [0.25, 0.3) is 0 Å². The van der Waals surface area contributed by atoms with Crippen LogP contribution in [-0.2, 0) is 0 Å². The van der Waals surface area contributed by atoms with E-state index in [1.807, 2.05) is 32.0 Å². The zero-order valence-corrected chi connectivity index (χ0v) is 11.8. The maximum absolute atomic E-state index is 12.1. The molecular weight excluding hydrogens is 238 g/mol. The van der Waals surface area contributed by atoms with Crippen molar-refractivity contribution in [3.63, 3.8) is 0 Å². The number of rotatable bonds is 4. The van der Waals surface area contributed by atoms with E-state index < -0.39 is 6.10 Å². The monoisotopic (exact) mass is 261 g/mol. The summed E-state index contributed by atoms with van der Waals surface area (Å²) in [6.45, 7) is 4.27. The summed E-state index contributed by atoms with van der Waals surface area (Å²) in [6, 6.07) is 5.85. The molecule has 0 aliphatic heterocycles. The number of hydrogen-bond acceptors (Lipinski definition) is 2. The Morgan fingerprint density at radius 3 is 2.74 bits per heavy atom. The first-order valence-electron chi connectivity index (χ1n) is 7.11. The SMILES string of the molecule is Cc1ccc(C)c(C(=O)NCC(O)C2CCCC2)c1. The maximum Gasteiger partial charge on any atom is 0.251 e. The van der Waals surface area contributed by atoms with Crippen molar-refractivity contribution in [3.05, 3.63) is 34.9 Å². The molecule has 0 bridgehead atoms. The van der Waals surface area contributed by atoms with Crippen molar-refractivity contribution in [2.45, 2.75) is 45.6 Å². The van der Waals surface area contributed by atoms with Crippen molar-refractivity contribution >= 4 is 5.91 Å². The number of aryl methyl sites for hydroxylation is 2. The van der Waals surface area contributed by atoms with Crippen LogP contribution in [0.2, 0.25) is 0 Å². The summed E-state index contributed by atoms with van der Waals surface area (Å²) in [4.78, 5) is 12.1. The fraction of sp³-hybridized carbons (Fsp3) is 0.562. The zero-order valence-electron chi connectivity index (χ0n) is 11.8. The van der Waals surface area contributed by atoms with Crippen LogP contribution in [0.4, 0.5) is 0 Å². The van der Waals surface area contributed by atoms with Crippen LogP contribution in [-0.4, -0.2) is 23.7 Å². The Hall–Kier alpha value is -1.35. The lowest BCUT2D eigenvalue weighted by atomic mass is 10.0. The summed E-state index contributed by atoms with van der Waals surface area (Å²) >= 11 is 0. The molecule has 104 valence electrons. The van der Waals surface area contributed by atoms with Crippen molar-refractivity contribution < 1.29 is 9.90 Å². The minimum Gasteiger partial charge on any atom is -0.391 e. The highest BCUT2D eigenvalue weighted by atomic mass is 16.3. The van der Waals surface area contributed by atoms with Crippen LogP contribution in [0.15, 0.2) is 18.2 Å². The second-order valence-corrected chi connectivity index (χ2v) is 5.64. The van der Waals surface area contributed by atoms with E-state index in [1.165, 1.54) is 12.8 Å². The summed E-state index contributed by atoms with van der Waals surface area (Å²) in [6.07, 6.45) is 4.16. The number of carbonyl (C=O) groups excluding carboxylic acids is 1. The number of aliphatic hydroxyl groups is 1. The smallest absolute Gasteiger partial charge is 0.251 e. The van der Waals surface area contributed by atoms with Gasteiger partial charge in [-0.25, -0.2) is 0 Å². The van der Waals surface area contributed by atoms with E-state index in [0.717, 1.165) is 24.0 Å². The number of nitrogens with one attached hydrogen (secondary N) is 1. The minimum atomic E-state index is -0.406. The summed E-state index contributed by atoms with van der Waals surface area (Å²) in [5.74, 6) is 0.275. The van der Waals surface area contributed by atoms with E-state index >= 15 is 0 Å². The fourth-order valence-corrected chi connectivity index (χ4v) is 2.78. The molecule has 0 heterocycles. The van der Waals surface area contributed by atoms with Gasteiger partial charge in [-0.15, -0.1) is 0 Å². The van der Waals surface area contributed by atoms with Gasteiger partial charge in [0.05, 0.1) is 6.10 Å². The summed E-state index contributed by atoms with van der Waals surface area (Å²) in [7, 11) is 0. The van der Waals surface area contributed by atoms with Gasteiger partial charge < -0.3 is 10.4 Å².